The molecule has 0 bridgehead atoms. The SMILES string of the molecule is N#Cc1ccc(C(=O)CCC2CCN(CC3CN(C(C(=O)O)C4CCCCC4)CC3c3ccccc3)CC2)cc1. The van der Waals surface area contributed by atoms with Gasteiger partial charge in [-0.15, -0.1) is 0 Å². The summed E-state index contributed by atoms with van der Waals surface area (Å²) in [4.78, 5) is 30.1. The van der Waals surface area contributed by atoms with Crippen molar-refractivity contribution in [2.75, 3.05) is 32.7 Å². The summed E-state index contributed by atoms with van der Waals surface area (Å²) in [6.45, 7) is 4.77. The van der Waals surface area contributed by atoms with Crippen LogP contribution in [0.1, 0.15) is 85.2 Å². The van der Waals surface area contributed by atoms with Crippen LogP contribution in [0.3, 0.4) is 0 Å². The molecular formula is C34H43N3O3. The highest BCUT2D eigenvalue weighted by Gasteiger charge is 2.43. The molecule has 6 nitrogen and oxygen atoms in total. The Morgan fingerprint density at radius 1 is 0.925 bits per heavy atom. The Morgan fingerprint density at radius 3 is 2.27 bits per heavy atom. The van der Waals surface area contributed by atoms with Gasteiger partial charge in [0.15, 0.2) is 5.78 Å². The van der Waals surface area contributed by atoms with Crippen LogP contribution in [-0.2, 0) is 4.79 Å². The summed E-state index contributed by atoms with van der Waals surface area (Å²) in [5.41, 5.74) is 2.61. The van der Waals surface area contributed by atoms with E-state index in [0.717, 1.165) is 77.7 Å². The topological polar surface area (TPSA) is 84.6 Å². The number of carboxylic acids is 1. The molecular weight excluding hydrogens is 498 g/mol. The van der Waals surface area contributed by atoms with Crippen molar-refractivity contribution in [2.45, 2.75) is 69.7 Å². The van der Waals surface area contributed by atoms with E-state index in [0.29, 0.717) is 35.3 Å². The van der Waals surface area contributed by atoms with E-state index in [4.69, 9.17) is 5.26 Å². The molecule has 212 valence electrons. The average molecular weight is 542 g/mol. The number of nitrogens with zero attached hydrogens (tertiary/aromatic N) is 3. The molecule has 3 fully saturated rings. The summed E-state index contributed by atoms with van der Waals surface area (Å²) in [6, 6.07) is 19.4. The van der Waals surface area contributed by atoms with Crippen LogP contribution < -0.4 is 0 Å². The number of benzene rings is 2. The Balaban J connectivity index is 1.17. The molecule has 40 heavy (non-hydrogen) atoms. The number of hydrogen-bond donors (Lipinski definition) is 1. The Hall–Kier alpha value is -3.01. The van der Waals surface area contributed by atoms with E-state index in [-0.39, 0.29) is 17.7 Å². The third-order valence-corrected chi connectivity index (χ3v) is 9.76. The van der Waals surface area contributed by atoms with E-state index in [9.17, 15) is 14.7 Å². The van der Waals surface area contributed by atoms with Crippen LogP contribution in [0.2, 0.25) is 0 Å². The Morgan fingerprint density at radius 2 is 1.62 bits per heavy atom. The molecule has 1 aliphatic carbocycles. The van der Waals surface area contributed by atoms with Gasteiger partial charge in [0.1, 0.15) is 6.04 Å². The summed E-state index contributed by atoms with van der Waals surface area (Å²) < 4.78 is 0. The zero-order valence-corrected chi connectivity index (χ0v) is 23.6. The van der Waals surface area contributed by atoms with E-state index in [1.165, 1.54) is 12.0 Å². The minimum Gasteiger partial charge on any atom is -0.480 e. The lowest BCUT2D eigenvalue weighted by molar-refractivity contribution is -0.145. The zero-order chi connectivity index (χ0) is 27.9. The lowest BCUT2D eigenvalue weighted by Crippen LogP contribution is -2.46. The van der Waals surface area contributed by atoms with Gasteiger partial charge >= 0.3 is 5.97 Å². The summed E-state index contributed by atoms with van der Waals surface area (Å²) >= 11 is 0. The van der Waals surface area contributed by atoms with Crippen molar-refractivity contribution in [2.24, 2.45) is 17.8 Å². The van der Waals surface area contributed by atoms with E-state index < -0.39 is 5.97 Å². The first-order chi connectivity index (χ1) is 19.5. The normalized spacial score (nSPS) is 24.0. The smallest absolute Gasteiger partial charge is 0.321 e. The van der Waals surface area contributed by atoms with Gasteiger partial charge < -0.3 is 10.0 Å². The number of hydrogen-bond acceptors (Lipinski definition) is 5. The number of aliphatic carboxylic acids is 1. The molecule has 1 saturated carbocycles. The second-order valence-corrected chi connectivity index (χ2v) is 12.3. The van der Waals surface area contributed by atoms with Crippen molar-refractivity contribution in [3.63, 3.8) is 0 Å². The molecule has 3 unspecified atom stereocenters. The van der Waals surface area contributed by atoms with Crippen LogP contribution in [0.15, 0.2) is 54.6 Å². The number of rotatable bonds is 10. The molecule has 2 saturated heterocycles. The predicted octanol–water partition coefficient (Wildman–Crippen LogP) is 5.98. The highest BCUT2D eigenvalue weighted by atomic mass is 16.4. The molecule has 2 aromatic carbocycles. The number of carboxylic acid groups (broad SMARTS) is 1. The standard InChI is InChI=1S/C34H43N3O3/c35-21-26-11-14-28(15-12-26)32(38)16-13-25-17-19-36(20-18-25)22-30-23-37(24-31(30)27-7-3-1-4-8-27)33(34(39)40)29-9-5-2-6-10-29/h1,3-4,7-8,11-12,14-15,25,29-31,33H,2,5-6,9-10,13,16-20,22-24H2,(H,39,40). The first-order valence-electron chi connectivity index (χ1n) is 15.3. The molecule has 5 rings (SSSR count). The molecule has 3 aliphatic rings. The van der Waals surface area contributed by atoms with Crippen molar-refractivity contribution in [1.29, 1.82) is 5.26 Å². The quantitative estimate of drug-likeness (QED) is 0.373. The maximum atomic E-state index is 12.7. The third-order valence-electron chi connectivity index (χ3n) is 9.76. The minimum atomic E-state index is -0.643. The third kappa shape index (κ3) is 7.00. The van der Waals surface area contributed by atoms with Crippen LogP contribution >= 0.6 is 0 Å². The number of piperidine rings is 1. The molecule has 1 N–H and O–H groups in total. The monoisotopic (exact) mass is 541 g/mol. The lowest BCUT2D eigenvalue weighted by Gasteiger charge is -2.35. The zero-order valence-electron chi connectivity index (χ0n) is 23.6. The van der Waals surface area contributed by atoms with Crippen molar-refractivity contribution in [3.8, 4) is 6.07 Å². The second kappa shape index (κ2) is 13.6. The van der Waals surface area contributed by atoms with Crippen molar-refractivity contribution < 1.29 is 14.7 Å². The average Bonchev–Trinajstić information content (AvgIpc) is 3.40. The van der Waals surface area contributed by atoms with E-state index in [2.05, 4.69) is 46.2 Å². The van der Waals surface area contributed by atoms with Crippen LogP contribution in [0, 0.1) is 29.1 Å². The Bertz CT molecular complexity index is 1160. The van der Waals surface area contributed by atoms with E-state index in [1.807, 2.05) is 0 Å². The van der Waals surface area contributed by atoms with Gasteiger partial charge in [-0.2, -0.15) is 5.26 Å². The van der Waals surface area contributed by atoms with E-state index >= 15 is 0 Å². The molecule has 6 heteroatoms. The van der Waals surface area contributed by atoms with Gasteiger partial charge in [-0.25, -0.2) is 0 Å². The van der Waals surface area contributed by atoms with Crippen LogP contribution in [0.25, 0.3) is 0 Å². The molecule has 2 aromatic rings. The van der Waals surface area contributed by atoms with Gasteiger partial charge in [0.05, 0.1) is 11.6 Å². The fraction of sp³-hybridized carbons (Fsp3) is 0.559. The van der Waals surface area contributed by atoms with Crippen LogP contribution in [-0.4, -0.2) is 65.4 Å². The van der Waals surface area contributed by atoms with Crippen molar-refractivity contribution >= 4 is 11.8 Å². The summed E-state index contributed by atoms with van der Waals surface area (Å²) in [6.07, 6.45) is 9.30. The Labute approximate surface area is 239 Å². The van der Waals surface area contributed by atoms with Gasteiger partial charge in [0.25, 0.3) is 0 Å². The number of carbonyl (C=O) groups is 2. The van der Waals surface area contributed by atoms with Crippen LogP contribution in [0.5, 0.6) is 0 Å². The van der Waals surface area contributed by atoms with Gasteiger partial charge in [-0.1, -0.05) is 61.7 Å². The highest BCUT2D eigenvalue weighted by molar-refractivity contribution is 5.96. The minimum absolute atomic E-state index is 0.162. The second-order valence-electron chi connectivity index (χ2n) is 12.3. The van der Waals surface area contributed by atoms with E-state index in [1.54, 1.807) is 24.3 Å². The van der Waals surface area contributed by atoms with Crippen LogP contribution in [0.4, 0.5) is 0 Å². The fourth-order valence-corrected chi connectivity index (χ4v) is 7.50. The number of carbonyl (C=O) groups excluding carboxylic acids is 1. The fourth-order valence-electron chi connectivity index (χ4n) is 7.50. The first-order valence-corrected chi connectivity index (χ1v) is 15.3. The largest absolute Gasteiger partial charge is 0.480 e. The maximum absolute atomic E-state index is 12.7. The highest BCUT2D eigenvalue weighted by Crippen LogP contribution is 2.38. The maximum Gasteiger partial charge on any atom is 0.321 e. The number of likely N-dealkylation sites (tertiary alicyclic amines) is 2. The van der Waals surface area contributed by atoms with Gasteiger partial charge in [-0.05, 0) is 80.6 Å². The number of nitriles is 1. The van der Waals surface area contributed by atoms with Crippen molar-refractivity contribution in [1.82, 2.24) is 9.80 Å². The molecule has 2 heterocycles. The Kier molecular flexibility index (Phi) is 9.67. The molecule has 0 amide bonds. The summed E-state index contributed by atoms with van der Waals surface area (Å²) in [5.74, 6) is 1.12. The molecule has 0 aromatic heterocycles. The number of ketones is 1. The molecule has 2 aliphatic heterocycles. The van der Waals surface area contributed by atoms with Gasteiger partial charge in [-0.3, -0.25) is 14.5 Å². The molecule has 0 spiro atoms. The van der Waals surface area contributed by atoms with Gasteiger partial charge in [0.2, 0.25) is 0 Å². The van der Waals surface area contributed by atoms with Crippen molar-refractivity contribution in [3.05, 3.63) is 71.3 Å². The summed E-state index contributed by atoms with van der Waals surface area (Å²) in [5, 5.41) is 19.2. The number of Topliss-reactive ketones (excluding diaryl/α,β-unsaturated/α-hetero) is 1. The van der Waals surface area contributed by atoms with Gasteiger partial charge in [0, 0.05) is 37.5 Å². The molecule has 0 radical (unpaired) electrons. The molecule has 3 atom stereocenters. The summed E-state index contributed by atoms with van der Waals surface area (Å²) in [7, 11) is 0. The first kappa shape index (κ1) is 28.5. The lowest BCUT2D eigenvalue weighted by atomic mass is 9.83. The predicted molar refractivity (Wildman–Crippen MR) is 156 cm³/mol.